The summed E-state index contributed by atoms with van der Waals surface area (Å²) in [6, 6.07) is 12.4. The van der Waals surface area contributed by atoms with Crippen molar-refractivity contribution in [2.75, 3.05) is 10.6 Å². The second-order valence-electron chi connectivity index (χ2n) is 7.94. The molecule has 9 heteroatoms. The number of halogens is 3. The summed E-state index contributed by atoms with van der Waals surface area (Å²) in [6.45, 7) is 0. The molecule has 174 valence electrons. The number of nitrogens with one attached hydrogen (secondary N) is 2. The molecule has 2 amide bonds. The number of rotatable bonds is 4. The average molecular weight is 484 g/mol. The quantitative estimate of drug-likeness (QED) is 0.421. The van der Waals surface area contributed by atoms with Crippen molar-refractivity contribution in [2.24, 2.45) is 0 Å². The molecule has 2 aromatic carbocycles. The van der Waals surface area contributed by atoms with E-state index >= 15 is 0 Å². The average Bonchev–Trinajstić information content (AvgIpc) is 2.99. The van der Waals surface area contributed by atoms with Crippen molar-refractivity contribution in [3.05, 3.63) is 81.2 Å². The van der Waals surface area contributed by atoms with Crippen LogP contribution in [-0.4, -0.2) is 11.8 Å². The van der Waals surface area contributed by atoms with Crippen molar-refractivity contribution in [1.82, 2.24) is 0 Å². The van der Waals surface area contributed by atoms with E-state index in [1.165, 1.54) is 47.7 Å². The zero-order chi connectivity index (χ0) is 24.3. The number of nitrogens with zero attached hydrogens (tertiary/aromatic N) is 1. The molecule has 1 aliphatic carbocycles. The molecule has 3 aromatic rings. The lowest BCUT2D eigenvalue weighted by atomic mass is 10.0. The van der Waals surface area contributed by atoms with Gasteiger partial charge < -0.3 is 10.6 Å². The van der Waals surface area contributed by atoms with Crippen LogP contribution in [0.5, 0.6) is 0 Å². The highest BCUT2D eigenvalue weighted by molar-refractivity contribution is 7.17. The summed E-state index contributed by atoms with van der Waals surface area (Å²) >= 11 is 1.36. The molecule has 0 saturated heterocycles. The lowest BCUT2D eigenvalue weighted by Gasteiger charge is -2.11. The molecule has 5 nitrogen and oxygen atoms in total. The van der Waals surface area contributed by atoms with E-state index in [0.29, 0.717) is 28.1 Å². The van der Waals surface area contributed by atoms with Gasteiger partial charge in [0.15, 0.2) is 0 Å². The molecule has 1 aliphatic rings. The van der Waals surface area contributed by atoms with E-state index in [1.54, 1.807) is 0 Å². The number of carbonyl (C=O) groups excluding carboxylic acids is 2. The van der Waals surface area contributed by atoms with Crippen LogP contribution in [0.15, 0.2) is 48.5 Å². The second-order valence-corrected chi connectivity index (χ2v) is 9.05. The van der Waals surface area contributed by atoms with E-state index in [9.17, 15) is 22.8 Å². The first-order chi connectivity index (χ1) is 16.3. The molecule has 0 saturated carbocycles. The van der Waals surface area contributed by atoms with Gasteiger partial charge in [-0.1, -0.05) is 6.42 Å². The number of carbonyl (C=O) groups is 2. The third-order valence-corrected chi connectivity index (χ3v) is 6.83. The van der Waals surface area contributed by atoms with Crippen molar-refractivity contribution in [3.8, 4) is 6.07 Å². The molecular weight excluding hydrogens is 463 g/mol. The topological polar surface area (TPSA) is 82.0 Å². The van der Waals surface area contributed by atoms with Gasteiger partial charge in [0.25, 0.3) is 11.8 Å². The van der Waals surface area contributed by atoms with Gasteiger partial charge in [0.2, 0.25) is 0 Å². The van der Waals surface area contributed by atoms with Gasteiger partial charge in [-0.2, -0.15) is 18.4 Å². The van der Waals surface area contributed by atoms with Crippen LogP contribution < -0.4 is 10.6 Å². The number of hydrogen-bond donors (Lipinski definition) is 2. The fourth-order valence-electron chi connectivity index (χ4n) is 3.88. The van der Waals surface area contributed by atoms with E-state index in [1.807, 2.05) is 6.07 Å². The lowest BCUT2D eigenvalue weighted by molar-refractivity contribution is -0.137. The number of benzene rings is 2. The number of thiophene rings is 1. The molecule has 1 aromatic heterocycles. The molecule has 0 spiro atoms. The predicted molar refractivity (Wildman–Crippen MR) is 124 cm³/mol. The highest BCUT2D eigenvalue weighted by Gasteiger charge is 2.30. The van der Waals surface area contributed by atoms with Gasteiger partial charge in [-0.3, -0.25) is 9.59 Å². The van der Waals surface area contributed by atoms with Crippen LogP contribution in [-0.2, 0) is 19.0 Å². The van der Waals surface area contributed by atoms with Crippen LogP contribution in [0.2, 0.25) is 0 Å². The standard InChI is InChI=1S/C25H20F3N3O2S/c26-25(27,28)17-10-12-18(13-11-17)30-23(33)21-19-4-2-1-3-5-20(19)34-24(21)31-22(32)16-8-6-15(14-29)7-9-16/h6-13H,1-5H2,(H,30,33)(H,31,32). The molecule has 0 atom stereocenters. The summed E-state index contributed by atoms with van der Waals surface area (Å²) in [5.41, 5.74) is 1.43. The van der Waals surface area contributed by atoms with Crippen molar-refractivity contribution < 1.29 is 22.8 Å². The Morgan fingerprint density at radius 3 is 2.21 bits per heavy atom. The van der Waals surface area contributed by atoms with E-state index < -0.39 is 23.6 Å². The Bertz CT molecular complexity index is 1260. The Labute approximate surface area is 198 Å². The minimum absolute atomic E-state index is 0.232. The van der Waals surface area contributed by atoms with Crippen molar-refractivity contribution in [3.63, 3.8) is 0 Å². The Morgan fingerprint density at radius 1 is 0.882 bits per heavy atom. The Hall–Kier alpha value is -3.64. The zero-order valence-electron chi connectivity index (χ0n) is 18.0. The first kappa shape index (κ1) is 23.5. The molecular formula is C25H20F3N3O2S. The summed E-state index contributed by atoms with van der Waals surface area (Å²) in [4.78, 5) is 27.1. The van der Waals surface area contributed by atoms with Gasteiger partial charge in [-0.15, -0.1) is 11.3 Å². The molecule has 2 N–H and O–H groups in total. The van der Waals surface area contributed by atoms with Gasteiger partial charge in [-0.25, -0.2) is 0 Å². The van der Waals surface area contributed by atoms with Crippen LogP contribution in [0.3, 0.4) is 0 Å². The maximum atomic E-state index is 13.2. The molecule has 0 bridgehead atoms. The third kappa shape index (κ3) is 5.13. The van der Waals surface area contributed by atoms with Crippen LogP contribution in [0.4, 0.5) is 23.9 Å². The van der Waals surface area contributed by atoms with Gasteiger partial charge >= 0.3 is 6.18 Å². The largest absolute Gasteiger partial charge is 0.416 e. The molecule has 1 heterocycles. The number of fused-ring (bicyclic) bond motifs is 1. The van der Waals surface area contributed by atoms with Crippen LogP contribution in [0.1, 0.15) is 61.5 Å². The minimum Gasteiger partial charge on any atom is -0.322 e. The van der Waals surface area contributed by atoms with E-state index in [-0.39, 0.29) is 5.69 Å². The number of alkyl halides is 3. The number of nitriles is 1. The predicted octanol–water partition coefficient (Wildman–Crippen LogP) is 6.41. The van der Waals surface area contributed by atoms with E-state index in [4.69, 9.17) is 5.26 Å². The summed E-state index contributed by atoms with van der Waals surface area (Å²) < 4.78 is 38.5. The first-order valence-electron chi connectivity index (χ1n) is 10.7. The fourth-order valence-corrected chi connectivity index (χ4v) is 5.16. The SMILES string of the molecule is N#Cc1ccc(C(=O)Nc2sc3c(c2C(=O)Nc2ccc(C(F)(F)F)cc2)CCCCC3)cc1. The van der Waals surface area contributed by atoms with E-state index in [2.05, 4.69) is 10.6 Å². The van der Waals surface area contributed by atoms with Gasteiger partial charge in [0.1, 0.15) is 5.00 Å². The smallest absolute Gasteiger partial charge is 0.322 e. The number of amides is 2. The Morgan fingerprint density at radius 2 is 1.56 bits per heavy atom. The third-order valence-electron chi connectivity index (χ3n) is 5.62. The highest BCUT2D eigenvalue weighted by atomic mass is 32.1. The van der Waals surface area contributed by atoms with Crippen LogP contribution >= 0.6 is 11.3 Å². The Balaban J connectivity index is 1.62. The molecule has 0 fully saturated rings. The van der Waals surface area contributed by atoms with Crippen molar-refractivity contribution in [1.29, 1.82) is 5.26 Å². The molecule has 0 radical (unpaired) electrons. The maximum Gasteiger partial charge on any atom is 0.416 e. The summed E-state index contributed by atoms with van der Waals surface area (Å²) in [6.07, 6.45) is -0.0458. The normalized spacial score (nSPS) is 13.4. The van der Waals surface area contributed by atoms with E-state index in [0.717, 1.165) is 48.3 Å². The summed E-state index contributed by atoms with van der Waals surface area (Å²) in [5, 5.41) is 14.9. The molecule has 0 unspecified atom stereocenters. The first-order valence-corrected chi connectivity index (χ1v) is 11.5. The maximum absolute atomic E-state index is 13.2. The molecule has 4 rings (SSSR count). The van der Waals surface area contributed by atoms with Crippen molar-refractivity contribution >= 4 is 33.8 Å². The van der Waals surface area contributed by atoms with Crippen molar-refractivity contribution in [2.45, 2.75) is 38.3 Å². The fraction of sp³-hybridized carbons (Fsp3) is 0.240. The Kier molecular flexibility index (Phi) is 6.70. The number of anilines is 2. The molecule has 0 aliphatic heterocycles. The van der Waals surface area contributed by atoms with Gasteiger partial charge in [-0.05, 0) is 79.8 Å². The van der Waals surface area contributed by atoms with Crippen LogP contribution in [0, 0.1) is 11.3 Å². The highest BCUT2D eigenvalue weighted by Crippen LogP contribution is 2.38. The zero-order valence-corrected chi connectivity index (χ0v) is 18.8. The minimum atomic E-state index is -4.46. The van der Waals surface area contributed by atoms with Gasteiger partial charge in [0.05, 0.1) is 22.8 Å². The van der Waals surface area contributed by atoms with Crippen LogP contribution in [0.25, 0.3) is 0 Å². The summed E-state index contributed by atoms with van der Waals surface area (Å²) in [5.74, 6) is -0.890. The monoisotopic (exact) mass is 483 g/mol. The number of aryl methyl sites for hydroxylation is 1. The second kappa shape index (κ2) is 9.69. The lowest BCUT2D eigenvalue weighted by Crippen LogP contribution is -2.18. The number of hydrogen-bond acceptors (Lipinski definition) is 4. The van der Waals surface area contributed by atoms with Gasteiger partial charge in [0, 0.05) is 16.1 Å². The molecule has 34 heavy (non-hydrogen) atoms. The summed E-state index contributed by atoms with van der Waals surface area (Å²) in [7, 11) is 0.